The number of nitrogens with one attached hydrogen (secondary N) is 5. The molecule has 4 amide bonds. The van der Waals surface area contributed by atoms with Crippen LogP contribution in [-0.2, 0) is 36.8 Å². The first-order valence-electron chi connectivity index (χ1n) is 14.9. The zero-order valence-electron chi connectivity index (χ0n) is 25.0. The molecule has 14 heteroatoms. The summed E-state index contributed by atoms with van der Waals surface area (Å²) in [6.07, 6.45) is 1.85. The second kappa shape index (κ2) is 17.3. The molecule has 1 heterocycles. The van der Waals surface area contributed by atoms with Gasteiger partial charge in [-0.25, -0.2) is 4.79 Å². The van der Waals surface area contributed by atoms with Gasteiger partial charge >= 0.3 is 5.97 Å². The number of aliphatic carboxylic acids is 1. The molecule has 10 N–H and O–H groups in total. The summed E-state index contributed by atoms with van der Waals surface area (Å²) in [6.45, 7) is 0.197. The molecule has 0 aliphatic carbocycles. The minimum absolute atomic E-state index is 0.0999. The van der Waals surface area contributed by atoms with Gasteiger partial charge in [0.25, 0.3) is 0 Å². The maximum Gasteiger partial charge on any atom is 0.326 e. The van der Waals surface area contributed by atoms with Crippen LogP contribution in [0.3, 0.4) is 0 Å². The Morgan fingerprint density at radius 3 is 2.07 bits per heavy atom. The SMILES string of the molecule is N=C(N)NCCC[C@H](N)C(=O)NCC(=O)N[C@@H](Cc1ccccc1)C(=O)N[C@@H](Cc1ccccc1)C(=O)N1CCC[C@H]1C(=O)O. The van der Waals surface area contributed by atoms with Gasteiger partial charge in [0.05, 0.1) is 12.6 Å². The van der Waals surface area contributed by atoms with Crippen molar-refractivity contribution in [3.8, 4) is 0 Å². The molecule has 2 aromatic carbocycles. The Morgan fingerprint density at radius 2 is 1.49 bits per heavy atom. The molecule has 3 rings (SSSR count). The Kier molecular flexibility index (Phi) is 13.3. The largest absolute Gasteiger partial charge is 0.480 e. The molecule has 0 aromatic heterocycles. The lowest BCUT2D eigenvalue weighted by Gasteiger charge is -2.29. The molecule has 4 atom stereocenters. The minimum atomic E-state index is -1.11. The van der Waals surface area contributed by atoms with E-state index in [1.807, 2.05) is 24.3 Å². The number of nitrogens with two attached hydrogens (primary N) is 2. The average Bonchev–Trinajstić information content (AvgIpc) is 3.52. The molecule has 14 nitrogen and oxygen atoms in total. The molecular formula is C31H42N8O6. The second-order valence-electron chi connectivity index (χ2n) is 10.9. The molecule has 0 spiro atoms. The number of amides is 4. The fourth-order valence-electron chi connectivity index (χ4n) is 5.09. The molecule has 2 aromatic rings. The maximum atomic E-state index is 13.7. The molecule has 0 radical (unpaired) electrons. The Morgan fingerprint density at radius 1 is 0.889 bits per heavy atom. The Hall–Kier alpha value is -4.98. The molecule has 1 aliphatic heterocycles. The first kappa shape index (κ1) is 34.5. The number of likely N-dealkylation sites (tertiary alicyclic amines) is 1. The summed E-state index contributed by atoms with van der Waals surface area (Å²) < 4.78 is 0. The van der Waals surface area contributed by atoms with Gasteiger partial charge in [0.2, 0.25) is 23.6 Å². The highest BCUT2D eigenvalue weighted by Crippen LogP contribution is 2.20. The van der Waals surface area contributed by atoms with Crippen LogP contribution >= 0.6 is 0 Å². The van der Waals surface area contributed by atoms with E-state index >= 15 is 0 Å². The third-order valence-electron chi connectivity index (χ3n) is 7.42. The van der Waals surface area contributed by atoms with E-state index in [0.29, 0.717) is 32.2 Å². The van der Waals surface area contributed by atoms with Crippen LogP contribution in [0.4, 0.5) is 0 Å². The summed E-state index contributed by atoms with van der Waals surface area (Å²) in [4.78, 5) is 65.8. The van der Waals surface area contributed by atoms with Crippen LogP contribution in [0.15, 0.2) is 60.7 Å². The lowest BCUT2D eigenvalue weighted by atomic mass is 10.0. The minimum Gasteiger partial charge on any atom is -0.480 e. The van der Waals surface area contributed by atoms with Gasteiger partial charge < -0.3 is 42.7 Å². The van der Waals surface area contributed by atoms with Gasteiger partial charge in [-0.05, 0) is 36.8 Å². The Balaban J connectivity index is 1.71. The van der Waals surface area contributed by atoms with Gasteiger partial charge in [-0.3, -0.25) is 24.6 Å². The normalized spacial score (nSPS) is 16.1. The zero-order valence-corrected chi connectivity index (χ0v) is 25.0. The van der Waals surface area contributed by atoms with Gasteiger partial charge in [-0.1, -0.05) is 60.7 Å². The van der Waals surface area contributed by atoms with Crippen molar-refractivity contribution in [2.24, 2.45) is 11.5 Å². The highest BCUT2D eigenvalue weighted by Gasteiger charge is 2.38. The number of rotatable bonds is 16. The predicted octanol–water partition coefficient (Wildman–Crippen LogP) is -0.776. The van der Waals surface area contributed by atoms with E-state index in [1.165, 1.54) is 4.90 Å². The van der Waals surface area contributed by atoms with Crippen LogP contribution in [0.2, 0.25) is 0 Å². The molecule has 0 unspecified atom stereocenters. The standard InChI is InChI=1S/C31H42N8O6/c32-22(13-7-15-35-31(33)34)27(41)36-19-26(40)37-23(17-20-9-3-1-4-10-20)28(42)38-24(18-21-11-5-2-6-12-21)29(43)39-16-8-14-25(39)30(44)45/h1-6,9-12,22-25H,7-8,13-19,32H2,(H,36,41)(H,37,40)(H,38,42)(H,44,45)(H4,33,34,35)/t22-,23-,24-,25-/m0/s1. The molecule has 242 valence electrons. The summed E-state index contributed by atoms with van der Waals surface area (Å²) in [5.74, 6) is -3.62. The third-order valence-corrected chi connectivity index (χ3v) is 7.42. The number of carbonyl (C=O) groups is 5. The van der Waals surface area contributed by atoms with Crippen molar-refractivity contribution in [3.63, 3.8) is 0 Å². The van der Waals surface area contributed by atoms with E-state index < -0.39 is 60.3 Å². The maximum absolute atomic E-state index is 13.7. The molecule has 0 bridgehead atoms. The Bertz CT molecular complexity index is 1330. The van der Waals surface area contributed by atoms with Crippen LogP contribution in [0.5, 0.6) is 0 Å². The van der Waals surface area contributed by atoms with E-state index in [9.17, 15) is 29.1 Å². The van der Waals surface area contributed by atoms with Crippen molar-refractivity contribution < 1.29 is 29.1 Å². The van der Waals surface area contributed by atoms with Crippen LogP contribution < -0.4 is 32.7 Å². The number of carboxylic acids is 1. The van der Waals surface area contributed by atoms with Gasteiger partial charge in [-0.2, -0.15) is 0 Å². The van der Waals surface area contributed by atoms with E-state index in [0.717, 1.165) is 11.1 Å². The molecule has 1 fully saturated rings. The molecule has 1 saturated heterocycles. The fraction of sp³-hybridized carbons (Fsp3) is 0.419. The number of guanidine groups is 1. The monoisotopic (exact) mass is 622 g/mol. The summed E-state index contributed by atoms with van der Waals surface area (Å²) in [5.41, 5.74) is 12.6. The second-order valence-corrected chi connectivity index (χ2v) is 10.9. The van der Waals surface area contributed by atoms with Crippen molar-refractivity contribution in [1.29, 1.82) is 5.41 Å². The highest BCUT2D eigenvalue weighted by molar-refractivity contribution is 5.95. The van der Waals surface area contributed by atoms with Crippen LogP contribution in [0.25, 0.3) is 0 Å². The molecule has 0 saturated carbocycles. The van der Waals surface area contributed by atoms with Crippen LogP contribution in [-0.4, -0.2) is 89.4 Å². The van der Waals surface area contributed by atoms with E-state index in [-0.39, 0.29) is 25.3 Å². The summed E-state index contributed by atoms with van der Waals surface area (Å²) in [5, 5.41) is 27.3. The van der Waals surface area contributed by atoms with Gasteiger partial charge in [0.1, 0.15) is 18.1 Å². The van der Waals surface area contributed by atoms with E-state index in [1.54, 1.807) is 36.4 Å². The molecule has 1 aliphatic rings. The van der Waals surface area contributed by atoms with E-state index in [4.69, 9.17) is 16.9 Å². The summed E-state index contributed by atoms with van der Waals surface area (Å²) in [7, 11) is 0. The van der Waals surface area contributed by atoms with Crippen molar-refractivity contribution in [1.82, 2.24) is 26.2 Å². The molecule has 45 heavy (non-hydrogen) atoms. The fourth-order valence-corrected chi connectivity index (χ4v) is 5.09. The van der Waals surface area contributed by atoms with Gasteiger partial charge in [0, 0.05) is 25.9 Å². The van der Waals surface area contributed by atoms with Crippen LogP contribution in [0.1, 0.15) is 36.8 Å². The highest BCUT2D eigenvalue weighted by atomic mass is 16.4. The summed E-state index contributed by atoms with van der Waals surface area (Å²) in [6, 6.07) is 14.0. The van der Waals surface area contributed by atoms with Gasteiger partial charge in [-0.15, -0.1) is 0 Å². The van der Waals surface area contributed by atoms with Crippen molar-refractivity contribution in [2.45, 2.75) is 62.7 Å². The van der Waals surface area contributed by atoms with Gasteiger partial charge in [0.15, 0.2) is 5.96 Å². The third kappa shape index (κ3) is 11.2. The van der Waals surface area contributed by atoms with Crippen molar-refractivity contribution >= 4 is 35.6 Å². The molecular weight excluding hydrogens is 580 g/mol. The zero-order chi connectivity index (χ0) is 32.8. The average molecular weight is 623 g/mol. The quantitative estimate of drug-likeness (QED) is 0.0666. The lowest BCUT2D eigenvalue weighted by molar-refractivity contribution is -0.149. The number of carbonyl (C=O) groups excluding carboxylic acids is 4. The number of hydrogen-bond acceptors (Lipinski definition) is 7. The lowest BCUT2D eigenvalue weighted by Crippen LogP contribution is -2.57. The van der Waals surface area contributed by atoms with Crippen molar-refractivity contribution in [2.75, 3.05) is 19.6 Å². The number of hydrogen-bond donors (Lipinski definition) is 8. The van der Waals surface area contributed by atoms with Crippen LogP contribution in [0, 0.1) is 5.41 Å². The number of nitrogens with zero attached hydrogens (tertiary/aromatic N) is 1. The smallest absolute Gasteiger partial charge is 0.326 e. The summed E-state index contributed by atoms with van der Waals surface area (Å²) >= 11 is 0. The van der Waals surface area contributed by atoms with Crippen molar-refractivity contribution in [3.05, 3.63) is 71.8 Å². The number of benzene rings is 2. The van der Waals surface area contributed by atoms with E-state index in [2.05, 4.69) is 21.3 Å². The number of carboxylic acid groups (broad SMARTS) is 1. The Labute approximate surface area is 261 Å². The first-order valence-corrected chi connectivity index (χ1v) is 14.9. The first-order chi connectivity index (χ1) is 21.5. The predicted molar refractivity (Wildman–Crippen MR) is 167 cm³/mol. The topological polar surface area (TPSA) is 233 Å².